The number of nitro groups is 1. The molecular formula is C16H18N2O2. The molecule has 0 saturated heterocycles. The summed E-state index contributed by atoms with van der Waals surface area (Å²) in [6.45, 7) is 4.19. The van der Waals surface area contributed by atoms with E-state index < -0.39 is 0 Å². The number of hydrogen-bond acceptors (Lipinski definition) is 3. The van der Waals surface area contributed by atoms with E-state index in [0.29, 0.717) is 11.6 Å². The van der Waals surface area contributed by atoms with Gasteiger partial charge in [0.2, 0.25) is 0 Å². The summed E-state index contributed by atoms with van der Waals surface area (Å²) in [7, 11) is 0. The first kappa shape index (κ1) is 14.1. The number of nitro benzene ring substituents is 1. The highest BCUT2D eigenvalue weighted by atomic mass is 16.6. The van der Waals surface area contributed by atoms with E-state index in [4.69, 9.17) is 0 Å². The average Bonchev–Trinajstić information content (AvgIpc) is 2.45. The van der Waals surface area contributed by atoms with Gasteiger partial charge in [0, 0.05) is 6.07 Å². The number of nitrogens with zero attached hydrogens (tertiary/aromatic N) is 1. The topological polar surface area (TPSA) is 55.2 Å². The molecular weight excluding hydrogens is 252 g/mol. The van der Waals surface area contributed by atoms with Crippen molar-refractivity contribution < 1.29 is 4.92 Å². The highest BCUT2D eigenvalue weighted by molar-refractivity contribution is 5.62. The van der Waals surface area contributed by atoms with Gasteiger partial charge in [-0.15, -0.1) is 0 Å². The van der Waals surface area contributed by atoms with Crippen LogP contribution in [0, 0.1) is 16.0 Å². The Morgan fingerprint density at radius 1 is 1.00 bits per heavy atom. The minimum absolute atomic E-state index is 0.0392. The van der Waals surface area contributed by atoms with Gasteiger partial charge in [0.05, 0.1) is 11.0 Å². The summed E-state index contributed by atoms with van der Waals surface area (Å²) in [5, 5.41) is 14.4. The lowest BCUT2D eigenvalue weighted by Crippen LogP contribution is -2.17. The van der Waals surface area contributed by atoms with Gasteiger partial charge in [-0.2, -0.15) is 0 Å². The van der Waals surface area contributed by atoms with Crippen LogP contribution in [0.3, 0.4) is 0 Å². The minimum Gasteiger partial charge on any atom is -0.372 e. The number of para-hydroxylation sites is 2. The van der Waals surface area contributed by atoms with E-state index in [1.165, 1.54) is 6.07 Å². The van der Waals surface area contributed by atoms with E-state index >= 15 is 0 Å². The van der Waals surface area contributed by atoms with Gasteiger partial charge < -0.3 is 5.32 Å². The molecule has 2 rings (SSSR count). The zero-order chi connectivity index (χ0) is 14.5. The number of benzene rings is 2. The molecule has 4 heteroatoms. The smallest absolute Gasteiger partial charge is 0.292 e. The van der Waals surface area contributed by atoms with Crippen LogP contribution in [-0.4, -0.2) is 4.92 Å². The van der Waals surface area contributed by atoms with Gasteiger partial charge >= 0.3 is 0 Å². The zero-order valence-electron chi connectivity index (χ0n) is 11.6. The molecule has 0 aliphatic rings. The fourth-order valence-electron chi connectivity index (χ4n) is 2.22. The van der Waals surface area contributed by atoms with Gasteiger partial charge in [0.25, 0.3) is 5.69 Å². The van der Waals surface area contributed by atoms with Crippen molar-refractivity contribution in [1.82, 2.24) is 0 Å². The lowest BCUT2D eigenvalue weighted by molar-refractivity contribution is -0.384. The van der Waals surface area contributed by atoms with Gasteiger partial charge in [-0.25, -0.2) is 0 Å². The first-order chi connectivity index (χ1) is 9.59. The lowest BCUT2D eigenvalue weighted by Gasteiger charge is -2.24. The molecule has 4 nitrogen and oxygen atoms in total. The predicted molar refractivity (Wildman–Crippen MR) is 80.7 cm³/mol. The Morgan fingerprint density at radius 2 is 1.60 bits per heavy atom. The van der Waals surface area contributed by atoms with Crippen LogP contribution in [0.1, 0.15) is 25.5 Å². The van der Waals surface area contributed by atoms with Crippen molar-refractivity contribution in [3.8, 4) is 0 Å². The Labute approximate surface area is 118 Å². The molecule has 2 aromatic carbocycles. The molecule has 1 atom stereocenters. The Kier molecular flexibility index (Phi) is 4.35. The molecule has 0 bridgehead atoms. The summed E-state index contributed by atoms with van der Waals surface area (Å²) in [5.41, 5.74) is 1.79. The molecule has 0 amide bonds. The highest BCUT2D eigenvalue weighted by Crippen LogP contribution is 2.31. The quantitative estimate of drug-likeness (QED) is 0.647. The van der Waals surface area contributed by atoms with E-state index in [1.54, 1.807) is 18.2 Å². The van der Waals surface area contributed by atoms with Gasteiger partial charge in [0.1, 0.15) is 5.69 Å². The van der Waals surface area contributed by atoms with Crippen LogP contribution in [0.15, 0.2) is 54.6 Å². The Balaban J connectivity index is 2.33. The molecule has 0 aliphatic carbocycles. The average molecular weight is 270 g/mol. The van der Waals surface area contributed by atoms with Gasteiger partial charge in [0.15, 0.2) is 0 Å². The van der Waals surface area contributed by atoms with Crippen molar-refractivity contribution in [3.63, 3.8) is 0 Å². The van der Waals surface area contributed by atoms with E-state index in [2.05, 4.69) is 19.2 Å². The van der Waals surface area contributed by atoms with Crippen LogP contribution in [0.25, 0.3) is 0 Å². The molecule has 1 unspecified atom stereocenters. The second kappa shape index (κ2) is 6.19. The summed E-state index contributed by atoms with van der Waals surface area (Å²) in [5.74, 6) is 0.317. The lowest BCUT2D eigenvalue weighted by atomic mass is 9.95. The number of hydrogen-bond donors (Lipinski definition) is 1. The number of anilines is 1. The summed E-state index contributed by atoms with van der Waals surface area (Å²) in [6.07, 6.45) is 0. The van der Waals surface area contributed by atoms with Crippen LogP contribution in [-0.2, 0) is 0 Å². The normalized spacial score (nSPS) is 12.2. The minimum atomic E-state index is -0.356. The van der Waals surface area contributed by atoms with Crippen LogP contribution in [0.5, 0.6) is 0 Å². The monoisotopic (exact) mass is 270 g/mol. The van der Waals surface area contributed by atoms with Crippen molar-refractivity contribution in [3.05, 3.63) is 70.3 Å². The maximum atomic E-state index is 11.1. The summed E-state index contributed by atoms with van der Waals surface area (Å²) >= 11 is 0. The van der Waals surface area contributed by atoms with Crippen molar-refractivity contribution in [1.29, 1.82) is 0 Å². The molecule has 1 N–H and O–H groups in total. The second-order valence-corrected chi connectivity index (χ2v) is 5.05. The fourth-order valence-corrected chi connectivity index (χ4v) is 2.22. The predicted octanol–water partition coefficient (Wildman–Crippen LogP) is 4.40. The molecule has 0 heterocycles. The van der Waals surface area contributed by atoms with Crippen molar-refractivity contribution >= 4 is 11.4 Å². The van der Waals surface area contributed by atoms with E-state index in [1.807, 2.05) is 30.3 Å². The van der Waals surface area contributed by atoms with E-state index in [-0.39, 0.29) is 16.7 Å². The standard InChI is InChI=1S/C16H18N2O2/c1-12(2)16(13-8-4-3-5-9-13)17-14-10-6-7-11-15(14)18(19)20/h3-12,16-17H,1-2H3. The molecule has 0 aromatic heterocycles. The first-order valence-corrected chi connectivity index (χ1v) is 6.64. The first-order valence-electron chi connectivity index (χ1n) is 6.64. The second-order valence-electron chi connectivity index (χ2n) is 5.05. The maximum Gasteiger partial charge on any atom is 0.292 e. The Morgan fingerprint density at radius 3 is 2.20 bits per heavy atom. The Hall–Kier alpha value is -2.36. The molecule has 20 heavy (non-hydrogen) atoms. The van der Waals surface area contributed by atoms with Crippen molar-refractivity contribution in [2.75, 3.05) is 5.32 Å². The third kappa shape index (κ3) is 3.15. The van der Waals surface area contributed by atoms with Crippen LogP contribution >= 0.6 is 0 Å². The zero-order valence-corrected chi connectivity index (χ0v) is 11.6. The number of nitrogens with one attached hydrogen (secondary N) is 1. The summed E-state index contributed by atoms with van der Waals surface area (Å²) in [6, 6.07) is 16.8. The Bertz CT molecular complexity index is 582. The highest BCUT2D eigenvalue weighted by Gasteiger charge is 2.20. The molecule has 0 radical (unpaired) electrons. The van der Waals surface area contributed by atoms with E-state index in [9.17, 15) is 10.1 Å². The largest absolute Gasteiger partial charge is 0.372 e. The van der Waals surface area contributed by atoms with Crippen LogP contribution in [0.4, 0.5) is 11.4 Å². The third-order valence-corrected chi connectivity index (χ3v) is 3.24. The molecule has 0 spiro atoms. The van der Waals surface area contributed by atoms with Gasteiger partial charge in [-0.1, -0.05) is 56.3 Å². The SMILES string of the molecule is CC(C)C(Nc1ccccc1[N+](=O)[O-])c1ccccc1. The summed E-state index contributed by atoms with van der Waals surface area (Å²) in [4.78, 5) is 10.7. The third-order valence-electron chi connectivity index (χ3n) is 3.24. The van der Waals surface area contributed by atoms with Crippen molar-refractivity contribution in [2.45, 2.75) is 19.9 Å². The van der Waals surface area contributed by atoms with Gasteiger partial charge in [-0.3, -0.25) is 10.1 Å². The van der Waals surface area contributed by atoms with Gasteiger partial charge in [-0.05, 0) is 17.5 Å². The van der Waals surface area contributed by atoms with Crippen LogP contribution < -0.4 is 5.32 Å². The molecule has 0 fully saturated rings. The van der Waals surface area contributed by atoms with Crippen molar-refractivity contribution in [2.24, 2.45) is 5.92 Å². The van der Waals surface area contributed by atoms with E-state index in [0.717, 1.165) is 5.56 Å². The molecule has 2 aromatic rings. The maximum absolute atomic E-state index is 11.1. The fraction of sp³-hybridized carbons (Fsp3) is 0.250. The van der Waals surface area contributed by atoms with Crippen LogP contribution in [0.2, 0.25) is 0 Å². The molecule has 104 valence electrons. The molecule has 0 saturated carbocycles. The summed E-state index contributed by atoms with van der Waals surface area (Å²) < 4.78 is 0. The number of rotatable bonds is 5. The molecule has 0 aliphatic heterocycles.